The number of alkyl halides is 3. The third-order valence-corrected chi connectivity index (χ3v) is 6.08. The lowest BCUT2D eigenvalue weighted by atomic mass is 9.78. The van der Waals surface area contributed by atoms with Crippen molar-refractivity contribution in [1.29, 1.82) is 0 Å². The van der Waals surface area contributed by atoms with Gasteiger partial charge in [0.2, 0.25) is 0 Å². The molecule has 0 saturated carbocycles. The number of carbonyl (C=O) groups is 1. The molecular weight excluding hydrogens is 494 g/mol. The molecule has 35 heavy (non-hydrogen) atoms. The molecule has 0 radical (unpaired) electrons. The summed E-state index contributed by atoms with van der Waals surface area (Å²) in [4.78, 5) is 22.5. The van der Waals surface area contributed by atoms with Crippen molar-refractivity contribution >= 4 is 17.8 Å². The molecule has 2 unspecified atom stereocenters. The number of rotatable bonds is 6. The van der Waals surface area contributed by atoms with Gasteiger partial charge in [-0.3, -0.25) is 4.79 Å². The highest BCUT2D eigenvalue weighted by Crippen LogP contribution is 2.49. The number of nitrogens with zero attached hydrogens (tertiary/aromatic N) is 1. The summed E-state index contributed by atoms with van der Waals surface area (Å²) in [6.45, 7) is 2.85. The quantitative estimate of drug-likeness (QED) is 0.242. The number of benzene rings is 2. The average Bonchev–Trinajstić information content (AvgIpc) is 2.78. The lowest BCUT2D eigenvalue weighted by Gasteiger charge is -2.37. The zero-order valence-corrected chi connectivity index (χ0v) is 19.2. The molecule has 0 amide bonds. The summed E-state index contributed by atoms with van der Waals surface area (Å²) in [5, 5.41) is 19.5. The van der Waals surface area contributed by atoms with Crippen LogP contribution in [0.15, 0.2) is 59.5 Å². The number of aliphatic hydroxyl groups is 1. The van der Waals surface area contributed by atoms with E-state index in [-0.39, 0.29) is 22.7 Å². The first kappa shape index (κ1) is 26.2. The molecule has 1 aromatic heterocycles. The predicted octanol–water partition coefficient (Wildman–Crippen LogP) is 5.94. The van der Waals surface area contributed by atoms with Crippen molar-refractivity contribution in [2.45, 2.75) is 38.1 Å². The summed E-state index contributed by atoms with van der Waals surface area (Å²) >= 11 is 6.31. The minimum atomic E-state index is -5.12. The van der Waals surface area contributed by atoms with Crippen LogP contribution in [-0.2, 0) is 12.1 Å². The van der Waals surface area contributed by atoms with Gasteiger partial charge in [0, 0.05) is 35.3 Å². The zero-order valence-electron chi connectivity index (χ0n) is 18.4. The minimum absolute atomic E-state index is 0.0317. The van der Waals surface area contributed by atoms with Crippen LogP contribution in [0.1, 0.15) is 30.9 Å². The molecule has 2 aromatic carbocycles. The Morgan fingerprint density at radius 2 is 1.74 bits per heavy atom. The van der Waals surface area contributed by atoms with Crippen LogP contribution in [0, 0.1) is 5.82 Å². The molecule has 1 heterocycles. The van der Waals surface area contributed by atoms with Gasteiger partial charge in [-0.05, 0) is 47.9 Å². The lowest BCUT2D eigenvalue weighted by Crippen LogP contribution is -2.47. The molecule has 0 spiro atoms. The van der Waals surface area contributed by atoms with Gasteiger partial charge in [-0.2, -0.15) is 13.2 Å². The Morgan fingerprint density at radius 1 is 1.11 bits per heavy atom. The maximum absolute atomic E-state index is 14.2. The highest BCUT2D eigenvalue weighted by atomic mass is 35.5. The number of carboxylic acid groups (broad SMARTS) is 1. The van der Waals surface area contributed by atoms with Crippen molar-refractivity contribution in [2.75, 3.05) is 0 Å². The summed E-state index contributed by atoms with van der Waals surface area (Å²) < 4.78 is 62.2. The van der Waals surface area contributed by atoms with Crippen LogP contribution in [0.5, 0.6) is 5.75 Å². The van der Waals surface area contributed by atoms with E-state index >= 15 is 0 Å². The van der Waals surface area contributed by atoms with E-state index in [0.29, 0.717) is 5.56 Å². The molecule has 6 nitrogen and oxygen atoms in total. The third kappa shape index (κ3) is 5.03. The first-order valence-corrected chi connectivity index (χ1v) is 10.7. The molecule has 0 aliphatic carbocycles. The van der Waals surface area contributed by atoms with Crippen LogP contribution in [0.2, 0.25) is 5.02 Å². The Kier molecular flexibility index (Phi) is 7.28. The Balaban J connectivity index is 2.05. The third-order valence-electron chi connectivity index (χ3n) is 5.75. The van der Waals surface area contributed by atoms with Gasteiger partial charge in [0.25, 0.3) is 5.56 Å². The van der Waals surface area contributed by atoms with Gasteiger partial charge in [-0.15, -0.1) is 0 Å². The first-order valence-electron chi connectivity index (χ1n) is 10.3. The molecule has 0 saturated heterocycles. The molecule has 2 atom stereocenters. The second kappa shape index (κ2) is 9.71. The molecule has 11 heteroatoms. The maximum atomic E-state index is 14.2. The normalized spacial score (nSPS) is 14.3. The van der Waals surface area contributed by atoms with E-state index in [1.807, 2.05) is 0 Å². The summed E-state index contributed by atoms with van der Waals surface area (Å²) in [5.74, 6) is -3.06. The highest BCUT2D eigenvalue weighted by molar-refractivity contribution is 6.31. The number of hydrogen-bond donors (Lipinski definition) is 2. The highest BCUT2D eigenvalue weighted by Gasteiger charge is 2.59. The monoisotopic (exact) mass is 513 g/mol. The molecule has 3 aromatic rings. The second-order valence-corrected chi connectivity index (χ2v) is 8.18. The van der Waals surface area contributed by atoms with Gasteiger partial charge < -0.3 is 19.5 Å². The van der Waals surface area contributed by atoms with Gasteiger partial charge in [0.1, 0.15) is 0 Å². The number of hydrogen-bond acceptors (Lipinski definition) is 4. The molecule has 0 fully saturated rings. The molecule has 3 rings (SSSR count). The maximum Gasteiger partial charge on any atom is 0.511 e. The Labute approximate surface area is 202 Å². The largest absolute Gasteiger partial charge is 0.511 e. The summed E-state index contributed by atoms with van der Waals surface area (Å²) in [6, 6.07) is 9.33. The van der Waals surface area contributed by atoms with Crippen molar-refractivity contribution < 1.29 is 37.3 Å². The minimum Gasteiger partial charge on any atom is -0.449 e. The Bertz CT molecular complexity index is 1320. The van der Waals surface area contributed by atoms with Crippen molar-refractivity contribution in [3.63, 3.8) is 0 Å². The van der Waals surface area contributed by atoms with Crippen LogP contribution < -0.4 is 10.3 Å². The topological polar surface area (TPSA) is 88.8 Å². The number of halogens is 5. The number of pyridine rings is 1. The van der Waals surface area contributed by atoms with Crippen molar-refractivity contribution in [3.05, 3.63) is 87.0 Å². The second-order valence-electron chi connectivity index (χ2n) is 7.78. The molecule has 0 aliphatic heterocycles. The number of ether oxygens (including phenoxy) is 1. The van der Waals surface area contributed by atoms with E-state index in [1.165, 1.54) is 24.3 Å². The van der Waals surface area contributed by atoms with E-state index in [4.69, 9.17) is 16.7 Å². The van der Waals surface area contributed by atoms with Gasteiger partial charge in [0.15, 0.2) is 17.2 Å². The Morgan fingerprint density at radius 3 is 2.29 bits per heavy atom. The van der Waals surface area contributed by atoms with E-state index < -0.39 is 46.5 Å². The van der Waals surface area contributed by atoms with Crippen LogP contribution >= 0.6 is 11.6 Å². The summed E-state index contributed by atoms with van der Waals surface area (Å²) in [7, 11) is 0. The van der Waals surface area contributed by atoms with Crippen LogP contribution in [-0.4, -0.2) is 27.1 Å². The summed E-state index contributed by atoms with van der Waals surface area (Å²) in [6.07, 6.45) is -5.84. The SMILES string of the molecule is CCn1cc(C(O)(C(C)c2ccc(-c3ccc(OC(=O)O)c(F)c3)cc2Cl)C(F)(F)F)ccc1=O. The van der Waals surface area contributed by atoms with Crippen molar-refractivity contribution in [1.82, 2.24) is 4.57 Å². The molecule has 0 bridgehead atoms. The van der Waals surface area contributed by atoms with Crippen LogP contribution in [0.3, 0.4) is 0 Å². The van der Waals surface area contributed by atoms with Gasteiger partial charge >= 0.3 is 12.3 Å². The van der Waals surface area contributed by atoms with Gasteiger partial charge in [-0.25, -0.2) is 9.18 Å². The van der Waals surface area contributed by atoms with Crippen LogP contribution in [0.4, 0.5) is 22.4 Å². The first-order chi connectivity index (χ1) is 16.3. The number of aromatic nitrogens is 1. The van der Waals surface area contributed by atoms with E-state index in [1.54, 1.807) is 6.92 Å². The lowest BCUT2D eigenvalue weighted by molar-refractivity contribution is -0.274. The standard InChI is InChI=1S/C24H20ClF4NO5/c1-3-30-12-16(6-9-21(30)31)23(34,24(27,28)29)13(2)17-7-4-14(10-18(17)25)15-5-8-20(19(26)11-15)35-22(32)33/h4-13,34H,3H2,1-2H3,(H,32,33). The molecule has 0 aliphatic rings. The van der Waals surface area contributed by atoms with Crippen molar-refractivity contribution in [3.8, 4) is 16.9 Å². The van der Waals surface area contributed by atoms with Gasteiger partial charge in [0.05, 0.1) is 0 Å². The summed E-state index contributed by atoms with van der Waals surface area (Å²) in [5.41, 5.74) is -3.83. The number of aryl methyl sites for hydroxylation is 1. The van der Waals surface area contributed by atoms with E-state index in [2.05, 4.69) is 4.74 Å². The van der Waals surface area contributed by atoms with Crippen LogP contribution in [0.25, 0.3) is 11.1 Å². The fourth-order valence-corrected chi connectivity index (χ4v) is 4.15. The van der Waals surface area contributed by atoms with E-state index in [0.717, 1.165) is 42.0 Å². The van der Waals surface area contributed by atoms with Crippen molar-refractivity contribution in [2.24, 2.45) is 0 Å². The fraction of sp³-hybridized carbons (Fsp3) is 0.250. The molecule has 2 N–H and O–H groups in total. The molecular formula is C24H20ClF4NO5. The molecule has 186 valence electrons. The zero-order chi connectivity index (χ0) is 26.1. The predicted molar refractivity (Wildman–Crippen MR) is 120 cm³/mol. The van der Waals surface area contributed by atoms with E-state index in [9.17, 15) is 32.3 Å². The Hall–Kier alpha value is -3.37. The average molecular weight is 514 g/mol. The van der Waals surface area contributed by atoms with Gasteiger partial charge in [-0.1, -0.05) is 36.7 Å². The fourth-order valence-electron chi connectivity index (χ4n) is 3.80. The smallest absolute Gasteiger partial charge is 0.449 e.